The number of hydrogen-bond donors (Lipinski definition) is 0. The summed E-state index contributed by atoms with van der Waals surface area (Å²) in [6, 6.07) is 0. The van der Waals surface area contributed by atoms with Crippen molar-refractivity contribution < 1.29 is 56.9 Å². The summed E-state index contributed by atoms with van der Waals surface area (Å²) >= 11 is 0. The first kappa shape index (κ1) is 25.1. The molecule has 0 unspecified atom stereocenters. The SMILES string of the molecule is C[N+](C)(C)CCP(CC[N+](C)(C)C)C1CCCCC1.[I-].[I-]. The van der Waals surface area contributed by atoms with E-state index in [4.69, 9.17) is 0 Å². The van der Waals surface area contributed by atoms with Gasteiger partial charge in [0.05, 0.1) is 55.4 Å². The zero-order valence-corrected chi connectivity index (χ0v) is 20.2. The van der Waals surface area contributed by atoms with Gasteiger partial charge in [-0.15, -0.1) is 0 Å². The molecule has 130 valence electrons. The fraction of sp³-hybridized carbons (Fsp3) is 1.00. The van der Waals surface area contributed by atoms with E-state index in [0.29, 0.717) is 0 Å². The third kappa shape index (κ3) is 12.8. The van der Waals surface area contributed by atoms with Crippen molar-refractivity contribution in [3.8, 4) is 0 Å². The van der Waals surface area contributed by atoms with Crippen LogP contribution < -0.4 is 48.0 Å². The highest BCUT2D eigenvalue weighted by Gasteiger charge is 2.26. The molecule has 0 heterocycles. The Morgan fingerprint density at radius 1 is 0.714 bits per heavy atom. The van der Waals surface area contributed by atoms with Crippen molar-refractivity contribution in [1.29, 1.82) is 0 Å². The van der Waals surface area contributed by atoms with E-state index >= 15 is 0 Å². The van der Waals surface area contributed by atoms with Gasteiger partial charge < -0.3 is 56.9 Å². The van der Waals surface area contributed by atoms with Crippen molar-refractivity contribution in [1.82, 2.24) is 0 Å². The molecule has 1 aliphatic rings. The fourth-order valence-electron chi connectivity index (χ4n) is 2.78. The van der Waals surface area contributed by atoms with Crippen molar-refractivity contribution in [2.45, 2.75) is 37.8 Å². The summed E-state index contributed by atoms with van der Waals surface area (Å²) in [5.74, 6) is 0. The van der Waals surface area contributed by atoms with E-state index in [0.717, 1.165) is 14.6 Å². The van der Waals surface area contributed by atoms with Crippen molar-refractivity contribution in [3.63, 3.8) is 0 Å². The third-order valence-corrected chi connectivity index (χ3v) is 7.31. The standard InChI is InChI=1S/C16H37N2P.2HI/c1-17(2,3)12-14-19(15-13-18(4,5)6)16-10-8-7-9-11-16;;/h16H,7-15H2,1-6H3;2*1H/q+2;;/p-2. The molecule has 0 amide bonds. The molecule has 0 aromatic carbocycles. The van der Waals surface area contributed by atoms with Crippen molar-refractivity contribution in [3.05, 3.63) is 0 Å². The van der Waals surface area contributed by atoms with Gasteiger partial charge in [0.1, 0.15) is 0 Å². The van der Waals surface area contributed by atoms with Crippen molar-refractivity contribution in [2.75, 3.05) is 67.7 Å². The summed E-state index contributed by atoms with van der Waals surface area (Å²) in [5.41, 5.74) is 1.09. The number of quaternary nitrogens is 2. The molecule has 0 bridgehead atoms. The van der Waals surface area contributed by atoms with E-state index in [-0.39, 0.29) is 55.9 Å². The van der Waals surface area contributed by atoms with E-state index in [1.54, 1.807) is 0 Å². The maximum atomic E-state index is 2.34. The van der Waals surface area contributed by atoms with Gasteiger partial charge in [-0.3, -0.25) is 0 Å². The van der Waals surface area contributed by atoms with Crippen LogP contribution in [0.1, 0.15) is 32.1 Å². The quantitative estimate of drug-likeness (QED) is 0.186. The van der Waals surface area contributed by atoms with Crippen LogP contribution in [0, 0.1) is 0 Å². The molecule has 0 atom stereocenters. The highest BCUT2D eigenvalue weighted by atomic mass is 127. The third-order valence-electron chi connectivity index (χ3n) is 4.21. The molecule has 1 fully saturated rings. The second-order valence-electron chi connectivity index (χ2n) is 8.36. The molecule has 1 rings (SSSR count). The summed E-state index contributed by atoms with van der Waals surface area (Å²) in [6.07, 6.45) is 10.5. The highest BCUT2D eigenvalue weighted by Crippen LogP contribution is 2.47. The summed E-state index contributed by atoms with van der Waals surface area (Å²) in [7, 11) is 14.3. The molecular formula is C16H37I2N2P. The molecule has 0 spiro atoms. The Hall–Kier alpha value is 1.81. The predicted octanol–water partition coefficient (Wildman–Crippen LogP) is -2.78. The van der Waals surface area contributed by atoms with Gasteiger partial charge in [-0.05, 0) is 18.5 Å². The smallest absolute Gasteiger partial charge is 0.0820 e. The maximum Gasteiger partial charge on any atom is 0.0820 e. The van der Waals surface area contributed by atoms with Crippen molar-refractivity contribution >= 4 is 7.92 Å². The second kappa shape index (κ2) is 11.4. The Morgan fingerprint density at radius 3 is 1.43 bits per heavy atom. The van der Waals surface area contributed by atoms with Crippen LogP contribution in [0.3, 0.4) is 0 Å². The molecule has 0 saturated heterocycles. The molecule has 21 heavy (non-hydrogen) atoms. The van der Waals surface area contributed by atoms with Crippen LogP contribution >= 0.6 is 7.92 Å². The van der Waals surface area contributed by atoms with Crippen LogP contribution in [-0.2, 0) is 0 Å². The van der Waals surface area contributed by atoms with E-state index < -0.39 is 0 Å². The first-order valence-electron chi connectivity index (χ1n) is 8.02. The van der Waals surface area contributed by atoms with Crippen molar-refractivity contribution in [2.24, 2.45) is 0 Å². The normalized spacial score (nSPS) is 17.3. The summed E-state index contributed by atoms with van der Waals surface area (Å²) in [5, 5.41) is 0. The number of halogens is 2. The number of hydrogen-bond acceptors (Lipinski definition) is 0. The minimum atomic E-state index is 0. The Morgan fingerprint density at radius 2 is 1.10 bits per heavy atom. The first-order chi connectivity index (χ1) is 8.67. The molecule has 0 aliphatic heterocycles. The lowest BCUT2D eigenvalue weighted by atomic mass is 10.0. The van der Waals surface area contributed by atoms with Gasteiger partial charge in [0.25, 0.3) is 0 Å². The van der Waals surface area contributed by atoms with Crippen LogP contribution in [0.25, 0.3) is 0 Å². The zero-order chi connectivity index (χ0) is 14.5. The Kier molecular flexibility index (Phi) is 13.6. The summed E-state index contributed by atoms with van der Waals surface area (Å²) in [4.78, 5) is 0. The summed E-state index contributed by atoms with van der Waals surface area (Å²) < 4.78 is 2.27. The summed E-state index contributed by atoms with van der Waals surface area (Å²) in [6.45, 7) is 2.72. The van der Waals surface area contributed by atoms with Gasteiger partial charge in [0, 0.05) is 12.3 Å². The molecular weight excluding hydrogens is 505 g/mol. The molecule has 5 heteroatoms. The fourth-order valence-corrected chi connectivity index (χ4v) is 6.54. The van der Waals surface area contributed by atoms with Gasteiger partial charge in [-0.25, -0.2) is 0 Å². The lowest BCUT2D eigenvalue weighted by molar-refractivity contribution is -0.868. The van der Waals surface area contributed by atoms with Crippen LogP contribution in [0.15, 0.2) is 0 Å². The van der Waals surface area contributed by atoms with Gasteiger partial charge in [-0.1, -0.05) is 27.2 Å². The predicted molar refractivity (Wildman–Crippen MR) is 89.3 cm³/mol. The molecule has 1 aliphatic carbocycles. The minimum Gasteiger partial charge on any atom is -1.00 e. The van der Waals surface area contributed by atoms with Crippen LogP contribution in [0.4, 0.5) is 0 Å². The molecule has 0 radical (unpaired) electrons. The van der Waals surface area contributed by atoms with E-state index in [9.17, 15) is 0 Å². The largest absolute Gasteiger partial charge is 1.00 e. The minimum absolute atomic E-state index is 0. The Balaban J connectivity index is 0. The average Bonchev–Trinajstić information content (AvgIpc) is 2.27. The molecule has 1 saturated carbocycles. The molecule has 0 N–H and O–H groups in total. The van der Waals surface area contributed by atoms with E-state index in [1.807, 2.05) is 0 Å². The van der Waals surface area contributed by atoms with Gasteiger partial charge in [0.15, 0.2) is 0 Å². The monoisotopic (exact) mass is 542 g/mol. The van der Waals surface area contributed by atoms with Gasteiger partial charge in [-0.2, -0.15) is 0 Å². The van der Waals surface area contributed by atoms with Gasteiger partial charge >= 0.3 is 0 Å². The Labute approximate surface area is 169 Å². The number of rotatable bonds is 7. The highest BCUT2D eigenvalue weighted by molar-refractivity contribution is 7.58. The van der Waals surface area contributed by atoms with Crippen LogP contribution in [-0.4, -0.2) is 82.3 Å². The zero-order valence-electron chi connectivity index (χ0n) is 15.0. The molecule has 0 aromatic rings. The Bertz CT molecular complexity index is 238. The van der Waals surface area contributed by atoms with Crippen LogP contribution in [0.5, 0.6) is 0 Å². The van der Waals surface area contributed by atoms with Crippen LogP contribution in [0.2, 0.25) is 0 Å². The lowest BCUT2D eigenvalue weighted by Crippen LogP contribution is -3.00. The maximum absolute atomic E-state index is 2.34. The molecule has 0 aromatic heterocycles. The number of nitrogens with zero attached hydrogens (tertiary/aromatic N) is 2. The van der Waals surface area contributed by atoms with Gasteiger partial charge in [0.2, 0.25) is 0 Å². The second-order valence-corrected chi connectivity index (χ2v) is 11.2. The lowest BCUT2D eigenvalue weighted by Gasteiger charge is -2.35. The first-order valence-corrected chi connectivity index (χ1v) is 9.80. The topological polar surface area (TPSA) is 0 Å². The molecule has 2 nitrogen and oxygen atoms in total. The van der Waals surface area contributed by atoms with E-state index in [1.165, 1.54) is 57.5 Å². The average molecular weight is 542 g/mol. The van der Waals surface area contributed by atoms with E-state index in [2.05, 4.69) is 42.3 Å².